The molecule has 6 heteroatoms. The molecule has 2 aromatic heterocycles. The third-order valence-electron chi connectivity index (χ3n) is 4.06. The number of benzene rings is 1. The van der Waals surface area contributed by atoms with Crippen LogP contribution in [-0.4, -0.2) is 26.9 Å². The van der Waals surface area contributed by atoms with Crippen LogP contribution in [0.25, 0.3) is 11.0 Å². The number of aromatic nitrogens is 4. The van der Waals surface area contributed by atoms with Crippen molar-refractivity contribution in [3.63, 3.8) is 0 Å². The van der Waals surface area contributed by atoms with E-state index < -0.39 is 0 Å². The van der Waals surface area contributed by atoms with Crippen molar-refractivity contribution in [1.29, 1.82) is 0 Å². The summed E-state index contributed by atoms with van der Waals surface area (Å²) in [5.41, 5.74) is 2.00. The van der Waals surface area contributed by atoms with Crippen molar-refractivity contribution < 1.29 is 4.74 Å². The maximum atomic E-state index is 5.31. The van der Waals surface area contributed by atoms with Gasteiger partial charge in [-0.05, 0) is 31.0 Å². The lowest BCUT2D eigenvalue weighted by Gasteiger charge is -2.17. The van der Waals surface area contributed by atoms with E-state index in [9.17, 15) is 0 Å². The Hall–Kier alpha value is -2.63. The smallest absolute Gasteiger partial charge is 0.163 e. The Labute approximate surface area is 141 Å². The third kappa shape index (κ3) is 3.18. The Morgan fingerprint density at radius 2 is 2.12 bits per heavy atom. The van der Waals surface area contributed by atoms with Gasteiger partial charge in [0.15, 0.2) is 5.65 Å². The first-order valence-electron chi connectivity index (χ1n) is 8.21. The van der Waals surface area contributed by atoms with Gasteiger partial charge in [-0.3, -0.25) is 4.68 Å². The summed E-state index contributed by atoms with van der Waals surface area (Å²) in [5.74, 6) is 2.52. The molecule has 0 aliphatic rings. The van der Waals surface area contributed by atoms with E-state index in [0.29, 0.717) is 0 Å². The van der Waals surface area contributed by atoms with Crippen molar-refractivity contribution >= 4 is 16.9 Å². The van der Waals surface area contributed by atoms with Gasteiger partial charge in [0.1, 0.15) is 17.4 Å². The van der Waals surface area contributed by atoms with Crippen molar-refractivity contribution in [3.8, 4) is 5.75 Å². The van der Waals surface area contributed by atoms with Gasteiger partial charge >= 0.3 is 0 Å². The van der Waals surface area contributed by atoms with Crippen LogP contribution >= 0.6 is 0 Å². The van der Waals surface area contributed by atoms with Crippen molar-refractivity contribution in [2.75, 3.05) is 12.4 Å². The number of nitrogens with one attached hydrogen (secondary N) is 1. The fourth-order valence-electron chi connectivity index (χ4n) is 2.71. The van der Waals surface area contributed by atoms with Crippen LogP contribution in [0.2, 0.25) is 0 Å². The number of fused-ring (bicyclic) bond motifs is 1. The molecule has 3 aromatic rings. The van der Waals surface area contributed by atoms with E-state index in [1.54, 1.807) is 11.8 Å². The van der Waals surface area contributed by atoms with Gasteiger partial charge in [0.25, 0.3) is 0 Å². The van der Waals surface area contributed by atoms with E-state index in [-0.39, 0.29) is 6.04 Å². The summed E-state index contributed by atoms with van der Waals surface area (Å²) in [6.45, 7) is 4.24. The summed E-state index contributed by atoms with van der Waals surface area (Å²) in [7, 11) is 3.58. The van der Waals surface area contributed by atoms with Gasteiger partial charge < -0.3 is 10.1 Å². The molecule has 2 heterocycles. The van der Waals surface area contributed by atoms with Gasteiger partial charge in [0.05, 0.1) is 24.7 Å². The number of nitrogens with zero attached hydrogens (tertiary/aromatic N) is 4. The maximum absolute atomic E-state index is 5.31. The molecule has 0 aliphatic carbocycles. The number of hydrogen-bond donors (Lipinski definition) is 1. The Bertz CT molecular complexity index is 843. The quantitative estimate of drug-likeness (QED) is 0.751. The Morgan fingerprint density at radius 3 is 2.88 bits per heavy atom. The van der Waals surface area contributed by atoms with Crippen LogP contribution in [0.1, 0.15) is 37.7 Å². The zero-order valence-corrected chi connectivity index (χ0v) is 14.6. The van der Waals surface area contributed by atoms with Crippen LogP contribution in [0.3, 0.4) is 0 Å². The summed E-state index contributed by atoms with van der Waals surface area (Å²) in [6.07, 6.45) is 3.67. The third-order valence-corrected chi connectivity index (χ3v) is 4.06. The topological polar surface area (TPSA) is 64.9 Å². The molecule has 1 aromatic carbocycles. The van der Waals surface area contributed by atoms with Crippen LogP contribution in [0.5, 0.6) is 5.75 Å². The molecule has 1 N–H and O–H groups in total. The van der Waals surface area contributed by atoms with Crippen LogP contribution in [0.15, 0.2) is 30.5 Å². The molecule has 0 saturated heterocycles. The molecular weight excluding hydrogens is 302 g/mol. The SMILES string of the molecule is CCCc1nc(N[C@H](C)c2cccc(OC)c2)c2cnn(C)c2n1. The van der Waals surface area contributed by atoms with Gasteiger partial charge in [0.2, 0.25) is 0 Å². The van der Waals surface area contributed by atoms with Crippen molar-refractivity contribution in [2.45, 2.75) is 32.7 Å². The number of anilines is 1. The Balaban J connectivity index is 1.95. The number of methoxy groups -OCH3 is 1. The Kier molecular flexibility index (Phi) is 4.64. The second kappa shape index (κ2) is 6.86. The minimum Gasteiger partial charge on any atom is -0.497 e. The van der Waals surface area contributed by atoms with E-state index in [2.05, 4.69) is 35.3 Å². The molecule has 1 atom stereocenters. The second-order valence-corrected chi connectivity index (χ2v) is 5.89. The standard InChI is InChI=1S/C18H23N5O/c1-5-7-16-21-17(15-11-19-23(3)18(15)22-16)20-12(2)13-8-6-9-14(10-13)24-4/h6,8-12H,5,7H2,1-4H3,(H,20,21,22)/t12-/m1/s1. The lowest BCUT2D eigenvalue weighted by atomic mass is 10.1. The van der Waals surface area contributed by atoms with E-state index in [4.69, 9.17) is 9.72 Å². The average molecular weight is 325 g/mol. The lowest BCUT2D eigenvalue weighted by Crippen LogP contribution is -2.10. The van der Waals surface area contributed by atoms with Crippen LogP contribution in [-0.2, 0) is 13.5 Å². The highest BCUT2D eigenvalue weighted by atomic mass is 16.5. The fourth-order valence-corrected chi connectivity index (χ4v) is 2.71. The molecule has 0 bridgehead atoms. The zero-order valence-electron chi connectivity index (χ0n) is 14.6. The fraction of sp³-hybridized carbons (Fsp3) is 0.389. The van der Waals surface area contributed by atoms with Crippen molar-refractivity contribution in [3.05, 3.63) is 41.9 Å². The highest BCUT2D eigenvalue weighted by Crippen LogP contribution is 2.26. The van der Waals surface area contributed by atoms with Gasteiger partial charge in [0, 0.05) is 13.5 Å². The number of rotatable bonds is 6. The predicted octanol–water partition coefficient (Wildman–Crippen LogP) is 3.50. The molecule has 0 radical (unpaired) electrons. The van der Waals surface area contributed by atoms with E-state index in [1.807, 2.05) is 31.4 Å². The Morgan fingerprint density at radius 1 is 1.29 bits per heavy atom. The van der Waals surface area contributed by atoms with E-state index in [1.165, 1.54) is 0 Å². The molecule has 0 fully saturated rings. The zero-order chi connectivity index (χ0) is 17.1. The summed E-state index contributed by atoms with van der Waals surface area (Å²) in [4.78, 5) is 9.33. The maximum Gasteiger partial charge on any atom is 0.163 e. The molecule has 3 rings (SSSR count). The molecule has 0 amide bonds. The molecule has 24 heavy (non-hydrogen) atoms. The molecule has 0 aliphatic heterocycles. The monoisotopic (exact) mass is 325 g/mol. The second-order valence-electron chi connectivity index (χ2n) is 5.89. The normalized spacial score (nSPS) is 12.3. The molecular formula is C18H23N5O. The lowest BCUT2D eigenvalue weighted by molar-refractivity contribution is 0.414. The van der Waals surface area contributed by atoms with E-state index in [0.717, 1.165) is 46.8 Å². The minimum absolute atomic E-state index is 0.0906. The minimum atomic E-state index is 0.0906. The van der Waals surface area contributed by atoms with E-state index >= 15 is 0 Å². The first kappa shape index (κ1) is 16.2. The summed E-state index contributed by atoms with van der Waals surface area (Å²) in [6, 6.07) is 8.14. The first-order valence-corrected chi connectivity index (χ1v) is 8.21. The van der Waals surface area contributed by atoms with Gasteiger partial charge in [-0.25, -0.2) is 9.97 Å². The van der Waals surface area contributed by atoms with Crippen LogP contribution < -0.4 is 10.1 Å². The molecule has 6 nitrogen and oxygen atoms in total. The largest absolute Gasteiger partial charge is 0.497 e. The van der Waals surface area contributed by atoms with Gasteiger partial charge in [-0.15, -0.1) is 0 Å². The highest BCUT2D eigenvalue weighted by molar-refractivity contribution is 5.86. The van der Waals surface area contributed by atoms with Gasteiger partial charge in [-0.2, -0.15) is 5.10 Å². The van der Waals surface area contributed by atoms with Gasteiger partial charge in [-0.1, -0.05) is 19.1 Å². The predicted molar refractivity (Wildman–Crippen MR) is 95.3 cm³/mol. The van der Waals surface area contributed by atoms with Crippen molar-refractivity contribution in [2.24, 2.45) is 7.05 Å². The molecule has 0 unspecified atom stereocenters. The van der Waals surface area contributed by atoms with Crippen LogP contribution in [0.4, 0.5) is 5.82 Å². The molecule has 0 saturated carbocycles. The van der Waals surface area contributed by atoms with Crippen molar-refractivity contribution in [1.82, 2.24) is 19.7 Å². The summed E-state index contributed by atoms with van der Waals surface area (Å²) < 4.78 is 7.10. The van der Waals surface area contributed by atoms with Crippen LogP contribution in [0, 0.1) is 0 Å². The summed E-state index contributed by atoms with van der Waals surface area (Å²) >= 11 is 0. The average Bonchev–Trinajstić information content (AvgIpc) is 2.97. The number of hydrogen-bond acceptors (Lipinski definition) is 5. The molecule has 126 valence electrons. The number of aryl methyl sites for hydroxylation is 2. The number of ether oxygens (including phenoxy) is 1. The molecule has 0 spiro atoms. The highest BCUT2D eigenvalue weighted by Gasteiger charge is 2.14. The first-order chi connectivity index (χ1) is 11.6. The summed E-state index contributed by atoms with van der Waals surface area (Å²) in [5, 5.41) is 8.76.